The Hall–Kier alpha value is -2.13. The van der Waals surface area contributed by atoms with Crippen LogP contribution in [0.25, 0.3) is 0 Å². The van der Waals surface area contributed by atoms with Crippen LogP contribution < -0.4 is 10.5 Å². The molecule has 3 heteroatoms. The summed E-state index contributed by atoms with van der Waals surface area (Å²) in [4.78, 5) is 12.4. The molecule has 0 bridgehead atoms. The van der Waals surface area contributed by atoms with E-state index in [2.05, 4.69) is 0 Å². The Bertz CT molecular complexity index is 566. The third-order valence-corrected chi connectivity index (χ3v) is 3.12. The van der Waals surface area contributed by atoms with E-state index in [1.807, 2.05) is 55.5 Å². The van der Waals surface area contributed by atoms with Gasteiger partial charge in [-0.25, -0.2) is 0 Å². The van der Waals surface area contributed by atoms with Gasteiger partial charge >= 0.3 is 0 Å². The molecule has 20 heavy (non-hydrogen) atoms. The highest BCUT2D eigenvalue weighted by molar-refractivity contribution is 5.99. The monoisotopic (exact) mass is 269 g/mol. The molecule has 0 saturated carbocycles. The van der Waals surface area contributed by atoms with Gasteiger partial charge in [-0.15, -0.1) is 0 Å². The van der Waals surface area contributed by atoms with Gasteiger partial charge in [-0.2, -0.15) is 0 Å². The molecule has 0 fully saturated rings. The van der Waals surface area contributed by atoms with Crippen molar-refractivity contribution in [3.05, 3.63) is 65.7 Å². The van der Waals surface area contributed by atoms with Crippen LogP contribution in [-0.2, 0) is 0 Å². The summed E-state index contributed by atoms with van der Waals surface area (Å²) >= 11 is 0. The molecule has 2 rings (SSSR count). The Morgan fingerprint density at radius 3 is 2.45 bits per heavy atom. The second-order valence-electron chi connectivity index (χ2n) is 4.57. The molecular weight excluding hydrogens is 250 g/mol. The number of rotatable bonds is 6. The smallest absolute Gasteiger partial charge is 0.168 e. The van der Waals surface area contributed by atoms with Crippen molar-refractivity contribution in [3.63, 3.8) is 0 Å². The first-order valence-electron chi connectivity index (χ1n) is 6.78. The lowest BCUT2D eigenvalue weighted by Gasteiger charge is -2.13. The summed E-state index contributed by atoms with van der Waals surface area (Å²) in [6.45, 7) is 2.44. The average molecular weight is 269 g/mol. The lowest BCUT2D eigenvalue weighted by atomic mass is 9.98. The van der Waals surface area contributed by atoms with Crippen LogP contribution >= 0.6 is 0 Å². The standard InChI is InChI=1S/C17H19NO2/c1-2-20-17-11-7-6-10-14(17)16(19)12-15(18)13-8-4-3-5-9-13/h3-11,15H,2,12,18H2,1H3. The molecule has 0 saturated heterocycles. The van der Waals surface area contributed by atoms with Gasteiger partial charge < -0.3 is 10.5 Å². The van der Waals surface area contributed by atoms with Gasteiger partial charge in [-0.05, 0) is 24.6 Å². The van der Waals surface area contributed by atoms with Gasteiger partial charge in [0.1, 0.15) is 5.75 Å². The van der Waals surface area contributed by atoms with Crippen molar-refractivity contribution in [2.75, 3.05) is 6.61 Å². The first-order chi connectivity index (χ1) is 9.72. The van der Waals surface area contributed by atoms with Crippen LogP contribution in [0.5, 0.6) is 5.75 Å². The average Bonchev–Trinajstić information content (AvgIpc) is 2.49. The number of hydrogen-bond donors (Lipinski definition) is 1. The number of ether oxygens (including phenoxy) is 1. The van der Waals surface area contributed by atoms with Crippen molar-refractivity contribution >= 4 is 5.78 Å². The summed E-state index contributed by atoms with van der Waals surface area (Å²) in [5.74, 6) is 0.630. The van der Waals surface area contributed by atoms with Crippen LogP contribution in [0.1, 0.15) is 35.3 Å². The number of ketones is 1. The third kappa shape index (κ3) is 3.45. The molecule has 0 heterocycles. The molecule has 1 atom stereocenters. The van der Waals surface area contributed by atoms with Crippen LogP contribution in [0.4, 0.5) is 0 Å². The summed E-state index contributed by atoms with van der Waals surface area (Å²) in [6, 6.07) is 16.7. The number of para-hydroxylation sites is 1. The topological polar surface area (TPSA) is 52.3 Å². The molecule has 0 aliphatic carbocycles. The molecule has 2 N–H and O–H groups in total. The second kappa shape index (κ2) is 6.87. The zero-order valence-corrected chi connectivity index (χ0v) is 11.6. The van der Waals surface area contributed by atoms with E-state index in [0.29, 0.717) is 17.9 Å². The molecule has 1 unspecified atom stereocenters. The van der Waals surface area contributed by atoms with Crippen molar-refractivity contribution in [1.82, 2.24) is 0 Å². The quantitative estimate of drug-likeness (QED) is 0.818. The van der Waals surface area contributed by atoms with Crippen molar-refractivity contribution < 1.29 is 9.53 Å². The Kier molecular flexibility index (Phi) is 4.91. The predicted octanol–water partition coefficient (Wildman–Crippen LogP) is 3.36. The van der Waals surface area contributed by atoms with Crippen molar-refractivity contribution in [3.8, 4) is 5.75 Å². The number of Topliss-reactive ketones (excluding diaryl/α,β-unsaturated/α-hetero) is 1. The number of carbonyl (C=O) groups is 1. The van der Waals surface area contributed by atoms with E-state index < -0.39 is 0 Å². The van der Waals surface area contributed by atoms with Crippen LogP contribution in [0.15, 0.2) is 54.6 Å². The summed E-state index contributed by atoms with van der Waals surface area (Å²) in [5, 5.41) is 0. The highest BCUT2D eigenvalue weighted by Gasteiger charge is 2.16. The first-order valence-corrected chi connectivity index (χ1v) is 6.78. The summed E-state index contributed by atoms with van der Waals surface area (Å²) in [7, 11) is 0. The Balaban J connectivity index is 2.12. The molecular formula is C17H19NO2. The molecule has 0 aromatic heterocycles. The van der Waals surface area contributed by atoms with Gasteiger partial charge in [0, 0.05) is 12.5 Å². The van der Waals surface area contributed by atoms with E-state index in [9.17, 15) is 4.79 Å². The highest BCUT2D eigenvalue weighted by Crippen LogP contribution is 2.23. The maximum Gasteiger partial charge on any atom is 0.168 e. The van der Waals surface area contributed by atoms with Gasteiger partial charge in [-0.1, -0.05) is 42.5 Å². The van der Waals surface area contributed by atoms with E-state index in [1.54, 1.807) is 6.07 Å². The lowest BCUT2D eigenvalue weighted by Crippen LogP contribution is -2.16. The molecule has 0 aliphatic rings. The molecule has 0 radical (unpaired) electrons. The van der Waals surface area contributed by atoms with E-state index in [-0.39, 0.29) is 18.2 Å². The Morgan fingerprint density at radius 2 is 1.75 bits per heavy atom. The minimum atomic E-state index is -0.293. The Morgan fingerprint density at radius 1 is 1.10 bits per heavy atom. The maximum atomic E-state index is 12.4. The van der Waals surface area contributed by atoms with Crippen molar-refractivity contribution in [2.24, 2.45) is 5.73 Å². The summed E-state index contributed by atoms with van der Waals surface area (Å²) < 4.78 is 5.48. The number of hydrogen-bond acceptors (Lipinski definition) is 3. The van der Waals surface area contributed by atoms with Crippen LogP contribution in [0.3, 0.4) is 0 Å². The van der Waals surface area contributed by atoms with Gasteiger partial charge in [0.05, 0.1) is 12.2 Å². The van der Waals surface area contributed by atoms with Crippen LogP contribution in [0.2, 0.25) is 0 Å². The van der Waals surface area contributed by atoms with Crippen LogP contribution in [0, 0.1) is 0 Å². The molecule has 3 nitrogen and oxygen atoms in total. The van der Waals surface area contributed by atoms with E-state index in [0.717, 1.165) is 5.56 Å². The van der Waals surface area contributed by atoms with Crippen molar-refractivity contribution in [2.45, 2.75) is 19.4 Å². The highest BCUT2D eigenvalue weighted by atomic mass is 16.5. The molecule has 2 aromatic carbocycles. The minimum absolute atomic E-state index is 0.00500. The van der Waals surface area contributed by atoms with E-state index in [1.165, 1.54) is 0 Å². The normalized spacial score (nSPS) is 11.9. The largest absolute Gasteiger partial charge is 0.493 e. The van der Waals surface area contributed by atoms with Gasteiger partial charge in [-0.3, -0.25) is 4.79 Å². The second-order valence-corrected chi connectivity index (χ2v) is 4.57. The van der Waals surface area contributed by atoms with Crippen LogP contribution in [-0.4, -0.2) is 12.4 Å². The zero-order valence-electron chi connectivity index (χ0n) is 11.6. The first kappa shape index (κ1) is 14.3. The lowest BCUT2D eigenvalue weighted by molar-refractivity contribution is 0.0970. The summed E-state index contributed by atoms with van der Waals surface area (Å²) in [5.41, 5.74) is 7.66. The van der Waals surface area contributed by atoms with Gasteiger partial charge in [0.15, 0.2) is 5.78 Å². The van der Waals surface area contributed by atoms with Gasteiger partial charge in [0.2, 0.25) is 0 Å². The zero-order chi connectivity index (χ0) is 14.4. The fourth-order valence-corrected chi connectivity index (χ4v) is 2.11. The fraction of sp³-hybridized carbons (Fsp3) is 0.235. The molecule has 0 aliphatic heterocycles. The number of carbonyl (C=O) groups excluding carboxylic acids is 1. The molecule has 2 aromatic rings. The van der Waals surface area contributed by atoms with E-state index in [4.69, 9.17) is 10.5 Å². The molecule has 104 valence electrons. The fourth-order valence-electron chi connectivity index (χ4n) is 2.11. The third-order valence-electron chi connectivity index (χ3n) is 3.12. The number of nitrogens with two attached hydrogens (primary N) is 1. The van der Waals surface area contributed by atoms with Gasteiger partial charge in [0.25, 0.3) is 0 Å². The molecule has 0 amide bonds. The Labute approximate surface area is 119 Å². The molecule has 0 spiro atoms. The SMILES string of the molecule is CCOc1ccccc1C(=O)CC(N)c1ccccc1. The van der Waals surface area contributed by atoms with Crippen molar-refractivity contribution in [1.29, 1.82) is 0 Å². The van der Waals surface area contributed by atoms with E-state index >= 15 is 0 Å². The predicted molar refractivity (Wildman–Crippen MR) is 79.9 cm³/mol. The number of benzene rings is 2. The minimum Gasteiger partial charge on any atom is -0.493 e. The summed E-state index contributed by atoms with van der Waals surface area (Å²) in [6.07, 6.45) is 0.272. The maximum absolute atomic E-state index is 12.4.